The van der Waals surface area contributed by atoms with Gasteiger partial charge in [0.05, 0.1) is 11.9 Å². The van der Waals surface area contributed by atoms with Crippen LogP contribution in [0.4, 0.5) is 5.69 Å². The molecule has 0 fully saturated rings. The first-order chi connectivity index (χ1) is 16.2. The zero-order valence-corrected chi connectivity index (χ0v) is 23.7. The molecule has 2 aromatic carbocycles. The summed E-state index contributed by atoms with van der Waals surface area (Å²) in [6.07, 6.45) is 1.60. The minimum atomic E-state index is -3.52. The van der Waals surface area contributed by atoms with Crippen LogP contribution in [0.5, 0.6) is 0 Å². The van der Waals surface area contributed by atoms with Crippen molar-refractivity contribution in [1.29, 1.82) is 0 Å². The zero-order chi connectivity index (χ0) is 26.4. The second-order valence-electron chi connectivity index (χ2n) is 9.79. The summed E-state index contributed by atoms with van der Waals surface area (Å²) in [5.74, 6) is -0.441. The van der Waals surface area contributed by atoms with Gasteiger partial charge in [0.1, 0.15) is 6.04 Å². The molecule has 1 unspecified atom stereocenters. The van der Waals surface area contributed by atoms with Crippen molar-refractivity contribution in [2.24, 2.45) is 0 Å². The maximum Gasteiger partial charge on any atom is 0.242 e. The molecule has 7 nitrogen and oxygen atoms in total. The quantitative estimate of drug-likeness (QED) is 0.454. The van der Waals surface area contributed by atoms with Gasteiger partial charge in [0, 0.05) is 29.5 Å². The first kappa shape index (κ1) is 28.8. The van der Waals surface area contributed by atoms with E-state index in [0.29, 0.717) is 12.1 Å². The molecule has 0 aliphatic carbocycles. The van der Waals surface area contributed by atoms with Gasteiger partial charge in [0.25, 0.3) is 0 Å². The molecule has 2 rings (SSSR count). The Labute approximate surface area is 218 Å². The van der Waals surface area contributed by atoms with E-state index in [1.807, 2.05) is 64.1 Å². The van der Waals surface area contributed by atoms with Crippen molar-refractivity contribution in [1.82, 2.24) is 10.2 Å². The number of amides is 2. The molecule has 0 heterocycles. The van der Waals surface area contributed by atoms with Crippen LogP contribution in [-0.4, -0.2) is 49.5 Å². The number of hydrogen-bond donors (Lipinski definition) is 1. The van der Waals surface area contributed by atoms with Crippen LogP contribution >= 0.6 is 15.9 Å². The van der Waals surface area contributed by atoms with Gasteiger partial charge < -0.3 is 10.2 Å². The molecule has 0 aliphatic rings. The van der Waals surface area contributed by atoms with Gasteiger partial charge in [-0.2, -0.15) is 0 Å². The van der Waals surface area contributed by atoms with Gasteiger partial charge in [-0.15, -0.1) is 0 Å². The van der Waals surface area contributed by atoms with E-state index in [0.717, 1.165) is 15.6 Å². The van der Waals surface area contributed by atoms with E-state index in [9.17, 15) is 18.0 Å². The maximum atomic E-state index is 13.3. The Morgan fingerprint density at radius 2 is 1.66 bits per heavy atom. The first-order valence-electron chi connectivity index (χ1n) is 11.6. The van der Waals surface area contributed by atoms with Gasteiger partial charge in [-0.25, -0.2) is 8.42 Å². The van der Waals surface area contributed by atoms with E-state index in [1.54, 1.807) is 24.0 Å². The molecule has 1 atom stereocenters. The molecule has 0 saturated heterocycles. The van der Waals surface area contributed by atoms with Crippen LogP contribution < -0.4 is 9.62 Å². The minimum absolute atomic E-state index is 0.113. The van der Waals surface area contributed by atoms with Gasteiger partial charge >= 0.3 is 0 Å². The van der Waals surface area contributed by atoms with Crippen molar-refractivity contribution in [3.8, 4) is 0 Å². The number of aryl methyl sites for hydroxylation is 1. The van der Waals surface area contributed by atoms with E-state index in [4.69, 9.17) is 0 Å². The van der Waals surface area contributed by atoms with Crippen LogP contribution in [-0.2, 0) is 26.2 Å². The molecule has 0 radical (unpaired) electrons. The third-order valence-electron chi connectivity index (χ3n) is 5.47. The van der Waals surface area contributed by atoms with Crippen molar-refractivity contribution in [3.63, 3.8) is 0 Å². The predicted molar refractivity (Wildman–Crippen MR) is 145 cm³/mol. The predicted octanol–water partition coefficient (Wildman–Crippen LogP) is 4.64. The van der Waals surface area contributed by atoms with Crippen LogP contribution in [0.15, 0.2) is 53.0 Å². The summed E-state index contributed by atoms with van der Waals surface area (Å²) in [7, 11) is -3.52. The van der Waals surface area contributed by atoms with Crippen LogP contribution in [0.3, 0.4) is 0 Å². The SMILES string of the molecule is Cc1ccccc1N(CCCC(=O)N(Cc1ccc(Br)cc1)C(C)C(=O)NC(C)(C)C)S(C)(=O)=O. The van der Waals surface area contributed by atoms with Crippen LogP contribution in [0, 0.1) is 6.92 Å². The molecule has 1 N–H and O–H groups in total. The Bertz CT molecular complexity index is 1130. The number of para-hydroxylation sites is 1. The van der Waals surface area contributed by atoms with E-state index < -0.39 is 21.6 Å². The zero-order valence-electron chi connectivity index (χ0n) is 21.3. The number of anilines is 1. The van der Waals surface area contributed by atoms with Gasteiger partial charge in [0.15, 0.2) is 0 Å². The van der Waals surface area contributed by atoms with Crippen molar-refractivity contribution in [3.05, 3.63) is 64.1 Å². The number of nitrogens with one attached hydrogen (secondary N) is 1. The Morgan fingerprint density at radius 1 is 1.06 bits per heavy atom. The minimum Gasteiger partial charge on any atom is -0.350 e. The number of halogens is 1. The lowest BCUT2D eigenvalue weighted by Gasteiger charge is -2.32. The second kappa shape index (κ2) is 12.0. The normalized spacial score (nSPS) is 12.7. The average molecular weight is 567 g/mol. The molecule has 9 heteroatoms. The summed E-state index contributed by atoms with van der Waals surface area (Å²) < 4.78 is 27.2. The number of sulfonamides is 1. The van der Waals surface area contributed by atoms with Crippen LogP contribution in [0.1, 0.15) is 51.7 Å². The molecule has 0 aliphatic heterocycles. The number of benzene rings is 2. The highest BCUT2D eigenvalue weighted by atomic mass is 79.9. The Balaban J connectivity index is 2.19. The third-order valence-corrected chi connectivity index (χ3v) is 7.18. The average Bonchev–Trinajstić information content (AvgIpc) is 2.74. The van der Waals surface area contributed by atoms with Gasteiger partial charge in [-0.3, -0.25) is 13.9 Å². The summed E-state index contributed by atoms with van der Waals surface area (Å²) in [6.45, 7) is 9.70. The number of rotatable bonds is 10. The van der Waals surface area contributed by atoms with E-state index in [1.165, 1.54) is 10.6 Å². The first-order valence-corrected chi connectivity index (χ1v) is 14.2. The molecule has 0 saturated carbocycles. The second-order valence-corrected chi connectivity index (χ2v) is 12.6. The summed E-state index contributed by atoms with van der Waals surface area (Å²) >= 11 is 3.42. The number of nitrogens with zero attached hydrogens (tertiary/aromatic N) is 2. The third kappa shape index (κ3) is 8.96. The molecule has 192 valence electrons. The highest BCUT2D eigenvalue weighted by Gasteiger charge is 2.28. The fraction of sp³-hybridized carbons (Fsp3) is 0.462. The number of carbonyl (C=O) groups excluding carboxylic acids is 2. The largest absolute Gasteiger partial charge is 0.350 e. The summed E-state index contributed by atoms with van der Waals surface area (Å²) in [5.41, 5.74) is 1.91. The van der Waals surface area contributed by atoms with E-state index >= 15 is 0 Å². The molecular weight excluding hydrogens is 530 g/mol. The lowest BCUT2D eigenvalue weighted by atomic mass is 10.1. The molecule has 2 aromatic rings. The Morgan fingerprint density at radius 3 is 2.20 bits per heavy atom. The smallest absolute Gasteiger partial charge is 0.242 e. The van der Waals surface area contributed by atoms with Crippen LogP contribution in [0.25, 0.3) is 0 Å². The lowest BCUT2D eigenvalue weighted by molar-refractivity contribution is -0.141. The van der Waals surface area contributed by atoms with Gasteiger partial charge in [-0.1, -0.05) is 46.3 Å². The molecule has 0 aromatic heterocycles. The van der Waals surface area contributed by atoms with Crippen molar-refractivity contribution in [2.45, 2.75) is 65.6 Å². The van der Waals surface area contributed by atoms with Crippen molar-refractivity contribution < 1.29 is 18.0 Å². The van der Waals surface area contributed by atoms with Crippen molar-refractivity contribution in [2.75, 3.05) is 17.1 Å². The Hall–Kier alpha value is -2.39. The molecular formula is C26H36BrN3O4S. The Kier molecular flexibility index (Phi) is 9.92. The molecule has 0 bridgehead atoms. The number of carbonyl (C=O) groups is 2. The van der Waals surface area contributed by atoms with Gasteiger partial charge in [-0.05, 0) is 70.4 Å². The highest BCUT2D eigenvalue weighted by Crippen LogP contribution is 2.23. The topological polar surface area (TPSA) is 86.8 Å². The standard InChI is InChI=1S/C26H36BrN3O4S/c1-19-10-7-8-11-23(19)30(35(6,33)34)17-9-12-24(31)29(18-21-13-15-22(27)16-14-21)20(2)25(32)28-26(3,4)5/h7-8,10-11,13-16,20H,9,12,17-18H2,1-6H3,(H,28,32). The molecule has 0 spiro atoms. The number of hydrogen-bond acceptors (Lipinski definition) is 4. The lowest BCUT2D eigenvalue weighted by Crippen LogP contribution is -2.52. The monoisotopic (exact) mass is 565 g/mol. The van der Waals surface area contributed by atoms with Gasteiger partial charge in [0.2, 0.25) is 21.8 Å². The van der Waals surface area contributed by atoms with E-state index in [2.05, 4.69) is 21.2 Å². The summed E-state index contributed by atoms with van der Waals surface area (Å²) in [5, 5.41) is 2.94. The maximum absolute atomic E-state index is 13.3. The highest BCUT2D eigenvalue weighted by molar-refractivity contribution is 9.10. The summed E-state index contributed by atoms with van der Waals surface area (Å²) in [6, 6.07) is 14.2. The molecule has 35 heavy (non-hydrogen) atoms. The fourth-order valence-electron chi connectivity index (χ4n) is 3.67. The van der Waals surface area contributed by atoms with Crippen molar-refractivity contribution >= 4 is 43.5 Å². The molecule has 2 amide bonds. The summed E-state index contributed by atoms with van der Waals surface area (Å²) in [4.78, 5) is 27.8. The van der Waals surface area contributed by atoms with E-state index in [-0.39, 0.29) is 31.3 Å². The van der Waals surface area contributed by atoms with Crippen LogP contribution in [0.2, 0.25) is 0 Å². The fourth-order valence-corrected chi connectivity index (χ4v) is 4.96.